The van der Waals surface area contributed by atoms with E-state index in [1.807, 2.05) is 20.8 Å². The van der Waals surface area contributed by atoms with Crippen molar-refractivity contribution < 1.29 is 9.68 Å². The molecule has 0 amide bonds. The molecule has 5 N–H and O–H groups in total. The summed E-state index contributed by atoms with van der Waals surface area (Å²) in [6, 6.07) is 12.8. The summed E-state index contributed by atoms with van der Waals surface area (Å²) in [6.45, 7) is 7.13. The van der Waals surface area contributed by atoms with E-state index >= 15 is 0 Å². The Labute approximate surface area is 212 Å². The van der Waals surface area contributed by atoms with Crippen LogP contribution in [0.25, 0.3) is 0 Å². The molecule has 0 radical (unpaired) electrons. The maximum Gasteiger partial charge on any atom is 0.343 e. The molecule has 0 saturated heterocycles. The van der Waals surface area contributed by atoms with Crippen LogP contribution in [0.4, 0.5) is 0 Å². The number of rotatable bonds is 10. The summed E-state index contributed by atoms with van der Waals surface area (Å²) in [6.07, 6.45) is 2.32. The smallest absolute Gasteiger partial charge is 0.328 e. The summed E-state index contributed by atoms with van der Waals surface area (Å²) in [5.41, 5.74) is 18.5. The van der Waals surface area contributed by atoms with Crippen molar-refractivity contribution in [2.45, 2.75) is 70.6 Å². The number of benzene rings is 2. The zero-order valence-electron chi connectivity index (χ0n) is 21.9. The van der Waals surface area contributed by atoms with Gasteiger partial charge in [-0.15, -0.1) is 0 Å². The maximum atomic E-state index is 13.0. The van der Waals surface area contributed by atoms with Crippen molar-refractivity contribution in [1.82, 2.24) is 25.7 Å². The molecule has 9 heteroatoms. The SMILES string of the molecule is CONCc1ccc2c(c1)CCc1cc(CNOC)ccc1C2(C[C@@H](C)N)c1nn(C(C)C)c(=O)[nH]1. The fraction of sp³-hybridized carbons (Fsp3) is 0.481. The Bertz CT molecular complexity index is 1190. The van der Waals surface area contributed by atoms with Crippen molar-refractivity contribution >= 4 is 0 Å². The highest BCUT2D eigenvalue weighted by Crippen LogP contribution is 2.46. The van der Waals surface area contributed by atoms with E-state index in [9.17, 15) is 4.79 Å². The molecule has 1 aliphatic carbocycles. The number of fused-ring (bicyclic) bond motifs is 2. The molecule has 1 heterocycles. The van der Waals surface area contributed by atoms with Gasteiger partial charge < -0.3 is 15.4 Å². The summed E-state index contributed by atoms with van der Waals surface area (Å²) >= 11 is 0. The topological polar surface area (TPSA) is 119 Å². The van der Waals surface area contributed by atoms with E-state index in [0.717, 1.165) is 35.1 Å². The second-order valence-electron chi connectivity index (χ2n) is 9.94. The molecule has 1 aliphatic rings. The Balaban J connectivity index is 2.00. The maximum absolute atomic E-state index is 13.0. The number of nitrogens with two attached hydrogens (primary N) is 1. The lowest BCUT2D eigenvalue weighted by Crippen LogP contribution is -2.38. The predicted octanol–water partition coefficient (Wildman–Crippen LogP) is 2.62. The van der Waals surface area contributed by atoms with Crippen LogP contribution in [0.15, 0.2) is 41.2 Å². The van der Waals surface area contributed by atoms with Crippen molar-refractivity contribution in [3.05, 3.63) is 86.1 Å². The lowest BCUT2D eigenvalue weighted by molar-refractivity contribution is 0.0866. The van der Waals surface area contributed by atoms with Crippen LogP contribution in [-0.4, -0.2) is 35.0 Å². The van der Waals surface area contributed by atoms with Crippen LogP contribution in [0.2, 0.25) is 0 Å². The zero-order chi connectivity index (χ0) is 25.9. The molecule has 3 aromatic rings. The van der Waals surface area contributed by atoms with Gasteiger partial charge in [0, 0.05) is 19.1 Å². The van der Waals surface area contributed by atoms with Gasteiger partial charge in [0.05, 0.1) is 25.7 Å². The van der Waals surface area contributed by atoms with E-state index < -0.39 is 5.41 Å². The van der Waals surface area contributed by atoms with Crippen LogP contribution in [0, 0.1) is 0 Å². The standard InChI is InChI=1S/C27H38N6O3/c1-17(2)33-26(34)31-25(32-33)27(14-18(3)28)23-10-6-19(15-29-35-4)12-21(23)8-9-22-13-20(16-30-36-5)7-11-24(22)27/h6-7,10-13,17-18,29-30H,8-9,14-16,28H2,1-5H3,(H,31,32,34)/t18-/m1/s1. The molecule has 0 aliphatic heterocycles. The predicted molar refractivity (Wildman–Crippen MR) is 139 cm³/mol. The number of aromatic nitrogens is 3. The number of hydrogen-bond acceptors (Lipinski definition) is 7. The van der Waals surface area contributed by atoms with Crippen molar-refractivity contribution in [3.8, 4) is 0 Å². The van der Waals surface area contributed by atoms with Gasteiger partial charge in [0.1, 0.15) is 5.82 Å². The average Bonchev–Trinajstić information content (AvgIpc) is 3.20. The molecule has 36 heavy (non-hydrogen) atoms. The zero-order valence-corrected chi connectivity index (χ0v) is 21.9. The monoisotopic (exact) mass is 494 g/mol. The minimum Gasteiger partial charge on any atom is -0.328 e. The van der Waals surface area contributed by atoms with Gasteiger partial charge in [-0.1, -0.05) is 36.4 Å². The lowest BCUT2D eigenvalue weighted by atomic mass is 9.68. The van der Waals surface area contributed by atoms with Crippen LogP contribution in [0.5, 0.6) is 0 Å². The van der Waals surface area contributed by atoms with Gasteiger partial charge >= 0.3 is 5.69 Å². The molecule has 1 aromatic heterocycles. The molecule has 0 fully saturated rings. The third kappa shape index (κ3) is 5.02. The molecular weight excluding hydrogens is 456 g/mol. The fourth-order valence-electron chi connectivity index (χ4n) is 5.42. The average molecular weight is 495 g/mol. The first-order chi connectivity index (χ1) is 17.3. The van der Waals surface area contributed by atoms with Gasteiger partial charge in [-0.05, 0) is 73.4 Å². The van der Waals surface area contributed by atoms with Crippen LogP contribution >= 0.6 is 0 Å². The van der Waals surface area contributed by atoms with Crippen molar-refractivity contribution in [2.75, 3.05) is 14.2 Å². The third-order valence-corrected chi connectivity index (χ3v) is 6.93. The van der Waals surface area contributed by atoms with Crippen molar-refractivity contribution in [2.24, 2.45) is 5.73 Å². The van der Waals surface area contributed by atoms with Gasteiger partial charge in [-0.25, -0.2) is 9.48 Å². The van der Waals surface area contributed by atoms with Crippen molar-refractivity contribution in [1.29, 1.82) is 0 Å². The van der Waals surface area contributed by atoms with Gasteiger partial charge in [0.2, 0.25) is 0 Å². The highest BCUT2D eigenvalue weighted by Gasteiger charge is 2.44. The molecular formula is C27H38N6O3. The van der Waals surface area contributed by atoms with Crippen molar-refractivity contribution in [3.63, 3.8) is 0 Å². The minimum absolute atomic E-state index is 0.0652. The molecule has 1 atom stereocenters. The van der Waals surface area contributed by atoms with E-state index in [0.29, 0.717) is 25.3 Å². The number of hydrogen-bond donors (Lipinski definition) is 4. The van der Waals surface area contributed by atoms with E-state index in [-0.39, 0.29) is 17.8 Å². The highest BCUT2D eigenvalue weighted by molar-refractivity contribution is 5.56. The number of nitrogens with one attached hydrogen (secondary N) is 3. The van der Waals surface area contributed by atoms with Crippen LogP contribution < -0.4 is 22.4 Å². The van der Waals surface area contributed by atoms with E-state index in [2.05, 4.69) is 52.3 Å². The van der Waals surface area contributed by atoms with Crippen LogP contribution in [0.3, 0.4) is 0 Å². The Kier molecular flexibility index (Phi) is 8.07. The highest BCUT2D eigenvalue weighted by atomic mass is 16.6. The molecule has 9 nitrogen and oxygen atoms in total. The fourth-order valence-corrected chi connectivity index (χ4v) is 5.42. The summed E-state index contributed by atoms with van der Waals surface area (Å²) in [4.78, 5) is 26.3. The largest absolute Gasteiger partial charge is 0.343 e. The molecule has 0 spiro atoms. The Morgan fingerprint density at radius 2 is 1.53 bits per heavy atom. The minimum atomic E-state index is -0.699. The normalized spacial score (nSPS) is 15.4. The Morgan fingerprint density at radius 3 is 1.94 bits per heavy atom. The van der Waals surface area contributed by atoms with Gasteiger partial charge in [-0.3, -0.25) is 4.98 Å². The Hall–Kier alpha value is -2.82. The first-order valence-electron chi connectivity index (χ1n) is 12.5. The summed E-state index contributed by atoms with van der Waals surface area (Å²) in [7, 11) is 3.23. The summed E-state index contributed by atoms with van der Waals surface area (Å²) in [5, 5.41) is 4.87. The number of aromatic amines is 1. The number of hydroxylamine groups is 2. The first-order valence-corrected chi connectivity index (χ1v) is 12.5. The number of nitrogens with zero attached hydrogens (tertiary/aromatic N) is 2. The van der Waals surface area contributed by atoms with Crippen LogP contribution in [0.1, 0.15) is 72.4 Å². The third-order valence-electron chi connectivity index (χ3n) is 6.93. The number of H-pyrrole nitrogens is 1. The molecule has 2 aromatic carbocycles. The molecule has 0 unspecified atom stereocenters. The van der Waals surface area contributed by atoms with Gasteiger partial charge in [-0.2, -0.15) is 16.1 Å². The molecule has 194 valence electrons. The molecule has 0 saturated carbocycles. The van der Waals surface area contributed by atoms with E-state index in [1.54, 1.807) is 14.2 Å². The Morgan fingerprint density at radius 1 is 1.00 bits per heavy atom. The van der Waals surface area contributed by atoms with Crippen LogP contribution in [-0.2, 0) is 41.0 Å². The number of aryl methyl sites for hydroxylation is 2. The lowest BCUT2D eigenvalue weighted by Gasteiger charge is -2.36. The first kappa shape index (κ1) is 26.2. The van der Waals surface area contributed by atoms with E-state index in [4.69, 9.17) is 20.5 Å². The summed E-state index contributed by atoms with van der Waals surface area (Å²) in [5.74, 6) is 0.633. The van der Waals surface area contributed by atoms with E-state index in [1.165, 1.54) is 15.8 Å². The summed E-state index contributed by atoms with van der Waals surface area (Å²) < 4.78 is 1.52. The second kappa shape index (κ2) is 11.1. The quantitative estimate of drug-likeness (QED) is 0.320. The molecule has 0 bridgehead atoms. The molecule has 4 rings (SSSR count). The van der Waals surface area contributed by atoms with Gasteiger partial charge in [0.25, 0.3) is 0 Å². The second-order valence-corrected chi connectivity index (χ2v) is 9.94. The van der Waals surface area contributed by atoms with Gasteiger partial charge in [0.15, 0.2) is 0 Å².